The largest absolute Gasteiger partial charge is 0.339 e. The summed E-state index contributed by atoms with van der Waals surface area (Å²) in [5, 5.41) is 3.34. The summed E-state index contributed by atoms with van der Waals surface area (Å²) in [5.41, 5.74) is 6.36. The van der Waals surface area contributed by atoms with Crippen molar-refractivity contribution in [3.8, 4) is 0 Å². The Morgan fingerprint density at radius 1 is 1.17 bits per heavy atom. The molecule has 2 heterocycles. The first kappa shape index (κ1) is 23.6. The number of nitrogens with zero attached hydrogens (tertiary/aromatic N) is 3. The second kappa shape index (κ2) is 8.81. The van der Waals surface area contributed by atoms with Gasteiger partial charge in [-0.25, -0.2) is 4.98 Å². The highest BCUT2D eigenvalue weighted by Gasteiger charge is 2.30. The Morgan fingerprint density at radius 2 is 1.71 bits per heavy atom. The van der Waals surface area contributed by atoms with E-state index in [4.69, 9.17) is 10.7 Å². The fraction of sp³-hybridized carbons (Fsp3) is 0.750. The van der Waals surface area contributed by atoms with Gasteiger partial charge in [0.05, 0.1) is 16.2 Å². The van der Waals surface area contributed by atoms with E-state index in [1.165, 1.54) is 5.01 Å². The molecular weight excluding hydrogens is 367 g/mol. The first-order chi connectivity index (χ1) is 10.1. The average Bonchev–Trinajstić information content (AvgIpc) is 2.86. The molecule has 1 aromatic heterocycles. The predicted octanol–water partition coefficient (Wildman–Crippen LogP) is 2.67. The van der Waals surface area contributed by atoms with Gasteiger partial charge in [-0.05, 0) is 13.8 Å². The zero-order valence-corrected chi connectivity index (χ0v) is 17.6. The number of rotatable bonds is 3. The molecule has 0 saturated carbocycles. The maximum atomic E-state index is 12.2. The third kappa shape index (κ3) is 6.15. The normalized spacial score (nSPS) is 16.3. The number of piperazine rings is 1. The van der Waals surface area contributed by atoms with E-state index in [0.29, 0.717) is 0 Å². The van der Waals surface area contributed by atoms with Crippen molar-refractivity contribution in [3.63, 3.8) is 0 Å². The molecule has 0 bridgehead atoms. The molecule has 2 N–H and O–H groups in total. The van der Waals surface area contributed by atoms with E-state index in [0.717, 1.165) is 38.4 Å². The van der Waals surface area contributed by atoms with Gasteiger partial charge in [0.1, 0.15) is 0 Å². The van der Waals surface area contributed by atoms with E-state index in [-0.39, 0.29) is 36.1 Å². The lowest BCUT2D eigenvalue weighted by molar-refractivity contribution is -0.137. The minimum atomic E-state index is -0.779. The van der Waals surface area contributed by atoms with Crippen LogP contribution in [0, 0.1) is 0 Å². The van der Waals surface area contributed by atoms with Crippen molar-refractivity contribution in [1.29, 1.82) is 0 Å². The molecule has 1 saturated heterocycles. The molecule has 140 valence electrons. The van der Waals surface area contributed by atoms with Crippen molar-refractivity contribution in [2.24, 2.45) is 5.73 Å². The molecule has 24 heavy (non-hydrogen) atoms. The molecule has 8 heteroatoms. The van der Waals surface area contributed by atoms with Crippen LogP contribution in [-0.2, 0) is 16.8 Å². The molecule has 0 radical (unpaired) electrons. The van der Waals surface area contributed by atoms with Gasteiger partial charge >= 0.3 is 0 Å². The summed E-state index contributed by atoms with van der Waals surface area (Å²) < 4.78 is 0. The van der Waals surface area contributed by atoms with Crippen LogP contribution in [0.2, 0.25) is 0 Å². The number of halogens is 2. The standard InChI is InChI=1S/C16H28N4OS.2ClH/c1-15(2,3)13-18-12(11-22-13)10-19-6-8-20(9-7-19)14(21)16(4,5)17;;/h11H,6-10,17H2,1-5H3;2*1H. The number of nitrogens with two attached hydrogens (primary N) is 1. The van der Waals surface area contributed by atoms with Gasteiger partial charge in [-0.2, -0.15) is 0 Å². The number of amides is 1. The van der Waals surface area contributed by atoms with E-state index in [2.05, 4.69) is 31.1 Å². The molecule has 2 rings (SSSR count). The van der Waals surface area contributed by atoms with Crippen LogP contribution in [0.3, 0.4) is 0 Å². The summed E-state index contributed by atoms with van der Waals surface area (Å²) in [6.45, 7) is 14.2. The number of carbonyl (C=O) groups excluding carboxylic acids is 1. The Labute approximate surface area is 161 Å². The zero-order chi connectivity index (χ0) is 16.5. The number of thiazole rings is 1. The lowest BCUT2D eigenvalue weighted by Gasteiger charge is -2.37. The molecule has 0 unspecified atom stereocenters. The summed E-state index contributed by atoms with van der Waals surface area (Å²) >= 11 is 1.74. The molecule has 1 aliphatic heterocycles. The highest BCUT2D eigenvalue weighted by molar-refractivity contribution is 7.09. The first-order valence-electron chi connectivity index (χ1n) is 7.83. The molecule has 1 aromatic rings. The molecule has 0 aliphatic carbocycles. The Hall–Kier alpha value is -0.400. The SMILES string of the molecule is CC(C)(N)C(=O)N1CCN(Cc2csc(C(C)(C)C)n2)CC1.Cl.Cl. The summed E-state index contributed by atoms with van der Waals surface area (Å²) in [5.74, 6) is 0.0378. The minimum absolute atomic E-state index is 0. The van der Waals surface area contributed by atoms with Gasteiger partial charge in [0, 0.05) is 43.5 Å². The third-order valence-electron chi connectivity index (χ3n) is 3.79. The highest BCUT2D eigenvalue weighted by Crippen LogP contribution is 2.26. The minimum Gasteiger partial charge on any atom is -0.339 e. The monoisotopic (exact) mass is 396 g/mol. The first-order valence-corrected chi connectivity index (χ1v) is 8.71. The Bertz CT molecular complexity index is 529. The van der Waals surface area contributed by atoms with Crippen LogP contribution in [0.1, 0.15) is 45.3 Å². The van der Waals surface area contributed by atoms with Crippen molar-refractivity contribution in [3.05, 3.63) is 16.1 Å². The number of carbonyl (C=O) groups is 1. The molecule has 1 fully saturated rings. The fourth-order valence-corrected chi connectivity index (χ4v) is 3.37. The van der Waals surface area contributed by atoms with E-state index in [9.17, 15) is 4.79 Å². The van der Waals surface area contributed by atoms with Crippen molar-refractivity contribution < 1.29 is 4.79 Å². The quantitative estimate of drug-likeness (QED) is 0.852. The summed E-state index contributed by atoms with van der Waals surface area (Å²) in [4.78, 5) is 21.1. The van der Waals surface area contributed by atoms with Gasteiger partial charge < -0.3 is 10.6 Å². The van der Waals surface area contributed by atoms with Crippen LogP contribution in [0.5, 0.6) is 0 Å². The summed E-state index contributed by atoms with van der Waals surface area (Å²) in [6.07, 6.45) is 0. The van der Waals surface area contributed by atoms with E-state index in [1.54, 1.807) is 25.2 Å². The smallest absolute Gasteiger partial charge is 0.242 e. The lowest BCUT2D eigenvalue weighted by Crippen LogP contribution is -2.56. The Balaban J connectivity index is 0.00000264. The van der Waals surface area contributed by atoms with Crippen LogP contribution in [0.15, 0.2) is 5.38 Å². The molecule has 5 nitrogen and oxygen atoms in total. The van der Waals surface area contributed by atoms with Crippen LogP contribution < -0.4 is 5.73 Å². The number of hydrogen-bond acceptors (Lipinski definition) is 5. The molecule has 0 spiro atoms. The molecule has 1 aliphatic rings. The van der Waals surface area contributed by atoms with Crippen molar-refractivity contribution in [2.75, 3.05) is 26.2 Å². The predicted molar refractivity (Wildman–Crippen MR) is 105 cm³/mol. The lowest BCUT2D eigenvalue weighted by atomic mass is 9.98. The molecular formula is C16H30Cl2N4OS. The Kier molecular flexibility index (Phi) is 8.66. The topological polar surface area (TPSA) is 62.5 Å². The number of hydrogen-bond donors (Lipinski definition) is 1. The van der Waals surface area contributed by atoms with Crippen molar-refractivity contribution in [2.45, 2.75) is 52.1 Å². The molecule has 1 amide bonds. The van der Waals surface area contributed by atoms with Crippen molar-refractivity contribution >= 4 is 42.1 Å². The second-order valence-corrected chi connectivity index (χ2v) is 8.54. The Morgan fingerprint density at radius 3 is 2.12 bits per heavy atom. The third-order valence-corrected chi connectivity index (χ3v) is 5.11. The molecule has 0 atom stereocenters. The van der Waals surface area contributed by atoms with Crippen LogP contribution in [-0.4, -0.2) is 52.4 Å². The molecule has 0 aromatic carbocycles. The van der Waals surface area contributed by atoms with Gasteiger partial charge in [0.15, 0.2) is 0 Å². The fourth-order valence-electron chi connectivity index (χ4n) is 2.47. The van der Waals surface area contributed by atoms with Gasteiger partial charge in [0.2, 0.25) is 5.91 Å². The summed E-state index contributed by atoms with van der Waals surface area (Å²) in [6, 6.07) is 0. The van der Waals surface area contributed by atoms with Crippen LogP contribution in [0.25, 0.3) is 0 Å². The van der Waals surface area contributed by atoms with E-state index >= 15 is 0 Å². The van der Waals surface area contributed by atoms with Crippen molar-refractivity contribution in [1.82, 2.24) is 14.8 Å². The van der Waals surface area contributed by atoms with E-state index in [1.807, 2.05) is 4.90 Å². The van der Waals surface area contributed by atoms with Gasteiger partial charge in [0.25, 0.3) is 0 Å². The maximum absolute atomic E-state index is 12.2. The maximum Gasteiger partial charge on any atom is 0.242 e. The highest BCUT2D eigenvalue weighted by atomic mass is 35.5. The zero-order valence-electron chi connectivity index (χ0n) is 15.2. The van der Waals surface area contributed by atoms with E-state index < -0.39 is 5.54 Å². The van der Waals surface area contributed by atoms with Crippen LogP contribution >= 0.6 is 36.2 Å². The second-order valence-electron chi connectivity index (χ2n) is 7.68. The van der Waals surface area contributed by atoms with Gasteiger partial charge in [-0.15, -0.1) is 36.2 Å². The average molecular weight is 397 g/mol. The van der Waals surface area contributed by atoms with Gasteiger partial charge in [-0.3, -0.25) is 9.69 Å². The summed E-state index contributed by atoms with van der Waals surface area (Å²) in [7, 11) is 0. The van der Waals surface area contributed by atoms with Crippen LogP contribution in [0.4, 0.5) is 0 Å². The number of aromatic nitrogens is 1. The van der Waals surface area contributed by atoms with Gasteiger partial charge in [-0.1, -0.05) is 20.8 Å².